The summed E-state index contributed by atoms with van der Waals surface area (Å²) in [7, 11) is 0. The van der Waals surface area contributed by atoms with Crippen molar-refractivity contribution in [1.82, 2.24) is 25.3 Å². The Kier molecular flexibility index (Phi) is 8.80. The number of hydrogen-bond donors (Lipinski definition) is 2. The molecule has 2 aliphatic heterocycles. The van der Waals surface area contributed by atoms with E-state index in [1.807, 2.05) is 12.1 Å². The average molecular weight is 454 g/mol. The zero-order valence-corrected chi connectivity index (χ0v) is 20.0. The zero-order valence-electron chi connectivity index (χ0n) is 20.0. The van der Waals surface area contributed by atoms with Gasteiger partial charge in [-0.3, -0.25) is 9.80 Å². The molecule has 1 atom stereocenters. The van der Waals surface area contributed by atoms with Crippen molar-refractivity contribution in [3.8, 4) is 0 Å². The first kappa shape index (κ1) is 23.8. The van der Waals surface area contributed by atoms with Gasteiger partial charge in [0.1, 0.15) is 5.76 Å². The maximum absolute atomic E-state index is 12.7. The zero-order chi connectivity index (χ0) is 22.9. The van der Waals surface area contributed by atoms with E-state index in [2.05, 4.69) is 56.5 Å². The average Bonchev–Trinajstić information content (AvgIpc) is 3.39. The van der Waals surface area contributed by atoms with E-state index in [0.29, 0.717) is 13.1 Å². The molecule has 33 heavy (non-hydrogen) atoms. The van der Waals surface area contributed by atoms with Crippen molar-refractivity contribution in [2.24, 2.45) is 0 Å². The van der Waals surface area contributed by atoms with Crippen LogP contribution in [0.5, 0.6) is 0 Å². The molecule has 1 aromatic carbocycles. The summed E-state index contributed by atoms with van der Waals surface area (Å²) in [5.41, 5.74) is 2.48. The van der Waals surface area contributed by atoms with Crippen molar-refractivity contribution in [3.05, 3.63) is 59.5 Å². The number of likely N-dealkylation sites (tertiary alicyclic amines) is 1. The lowest BCUT2D eigenvalue weighted by atomic mass is 10.1. The highest BCUT2D eigenvalue weighted by molar-refractivity contribution is 5.73. The lowest BCUT2D eigenvalue weighted by Crippen LogP contribution is -2.45. The molecule has 0 bridgehead atoms. The van der Waals surface area contributed by atoms with Crippen molar-refractivity contribution in [2.45, 2.75) is 45.3 Å². The summed E-state index contributed by atoms with van der Waals surface area (Å²) in [5.74, 6) is 0.922. The predicted molar refractivity (Wildman–Crippen MR) is 131 cm³/mol. The van der Waals surface area contributed by atoms with Gasteiger partial charge >= 0.3 is 6.03 Å². The minimum Gasteiger partial charge on any atom is -0.468 e. The largest absolute Gasteiger partial charge is 0.468 e. The lowest BCUT2D eigenvalue weighted by Gasteiger charge is -2.34. The molecule has 7 nitrogen and oxygen atoms in total. The van der Waals surface area contributed by atoms with E-state index in [4.69, 9.17) is 4.42 Å². The Balaban J connectivity index is 1.28. The number of rotatable bonds is 9. The Morgan fingerprint density at radius 3 is 2.33 bits per heavy atom. The van der Waals surface area contributed by atoms with E-state index in [0.717, 1.165) is 58.1 Å². The maximum atomic E-state index is 12.7. The van der Waals surface area contributed by atoms with Gasteiger partial charge in [-0.2, -0.15) is 0 Å². The molecule has 0 saturated carbocycles. The van der Waals surface area contributed by atoms with Gasteiger partial charge in [-0.25, -0.2) is 4.79 Å². The first-order valence-electron chi connectivity index (χ1n) is 12.5. The van der Waals surface area contributed by atoms with Crippen molar-refractivity contribution < 1.29 is 9.21 Å². The van der Waals surface area contributed by atoms with Gasteiger partial charge in [0.15, 0.2) is 0 Å². The van der Waals surface area contributed by atoms with Gasteiger partial charge in [0.2, 0.25) is 0 Å². The third kappa shape index (κ3) is 6.82. The summed E-state index contributed by atoms with van der Waals surface area (Å²) in [6.45, 7) is 11.9. The van der Waals surface area contributed by atoms with Crippen molar-refractivity contribution in [2.75, 3.05) is 52.4 Å². The predicted octanol–water partition coefficient (Wildman–Crippen LogP) is 3.44. The molecule has 4 rings (SSSR count). The van der Waals surface area contributed by atoms with Gasteiger partial charge in [0.05, 0.1) is 12.3 Å². The van der Waals surface area contributed by atoms with Crippen LogP contribution in [0.15, 0.2) is 47.1 Å². The second-order valence-electron chi connectivity index (χ2n) is 9.17. The molecule has 2 N–H and O–H groups in total. The highest BCUT2D eigenvalue weighted by Gasteiger charge is 2.25. The topological polar surface area (TPSA) is 64.0 Å². The molecule has 2 saturated heterocycles. The van der Waals surface area contributed by atoms with E-state index in [9.17, 15) is 4.79 Å². The maximum Gasteiger partial charge on any atom is 0.315 e. The fourth-order valence-electron chi connectivity index (χ4n) is 4.94. The second-order valence-corrected chi connectivity index (χ2v) is 9.17. The Morgan fingerprint density at radius 2 is 1.64 bits per heavy atom. The molecule has 0 radical (unpaired) electrons. The standard InChI is InChI=1S/C26H39N5O2/c1-2-29-14-16-30(17-15-29)21-23-10-5-4-9-22(23)19-27-26(32)28-20-24(25-11-8-18-33-25)31-12-6-3-7-13-31/h4-5,8-11,18,24H,2-3,6-7,12-17,19-21H2,1H3,(H2,27,28,32). The number of likely N-dealkylation sites (N-methyl/N-ethyl adjacent to an activating group) is 1. The molecular weight excluding hydrogens is 414 g/mol. The van der Waals surface area contributed by atoms with E-state index in [1.54, 1.807) is 6.26 Å². The summed E-state index contributed by atoms with van der Waals surface area (Å²) >= 11 is 0. The Labute approximate surface area is 198 Å². The third-order valence-corrected chi connectivity index (χ3v) is 7.02. The highest BCUT2D eigenvalue weighted by atomic mass is 16.3. The lowest BCUT2D eigenvalue weighted by molar-refractivity contribution is 0.131. The van der Waals surface area contributed by atoms with E-state index in [-0.39, 0.29) is 12.1 Å². The number of amides is 2. The van der Waals surface area contributed by atoms with Crippen molar-refractivity contribution in [3.63, 3.8) is 0 Å². The molecule has 180 valence electrons. The van der Waals surface area contributed by atoms with Crippen molar-refractivity contribution >= 4 is 6.03 Å². The number of hydrogen-bond acceptors (Lipinski definition) is 5. The number of carbonyl (C=O) groups is 1. The number of furan rings is 1. The van der Waals surface area contributed by atoms with Crippen LogP contribution in [0.2, 0.25) is 0 Å². The molecule has 0 spiro atoms. The summed E-state index contributed by atoms with van der Waals surface area (Å²) in [4.78, 5) is 20.1. The summed E-state index contributed by atoms with van der Waals surface area (Å²) in [5, 5.41) is 6.15. The Morgan fingerprint density at radius 1 is 0.909 bits per heavy atom. The van der Waals surface area contributed by atoms with Crippen LogP contribution in [-0.4, -0.2) is 73.1 Å². The van der Waals surface area contributed by atoms with Gasteiger partial charge in [0, 0.05) is 45.8 Å². The van der Waals surface area contributed by atoms with Gasteiger partial charge < -0.3 is 20.0 Å². The minimum absolute atomic E-state index is 0.0834. The number of carbonyl (C=O) groups excluding carboxylic acids is 1. The summed E-state index contributed by atoms with van der Waals surface area (Å²) in [6.07, 6.45) is 5.40. The first-order valence-corrected chi connectivity index (χ1v) is 12.5. The van der Waals surface area contributed by atoms with Crippen LogP contribution >= 0.6 is 0 Å². The molecule has 2 amide bonds. The van der Waals surface area contributed by atoms with E-state index in [1.165, 1.54) is 30.4 Å². The normalized spacial score (nSPS) is 19.3. The van der Waals surface area contributed by atoms with Crippen LogP contribution in [0.4, 0.5) is 4.79 Å². The molecule has 3 heterocycles. The summed E-state index contributed by atoms with van der Waals surface area (Å²) in [6, 6.07) is 12.3. The second kappa shape index (κ2) is 12.2. The number of nitrogens with zero attached hydrogens (tertiary/aromatic N) is 3. The van der Waals surface area contributed by atoms with Crippen LogP contribution < -0.4 is 10.6 Å². The smallest absolute Gasteiger partial charge is 0.315 e. The van der Waals surface area contributed by atoms with Gasteiger partial charge in [0.25, 0.3) is 0 Å². The molecule has 1 unspecified atom stereocenters. The quantitative estimate of drug-likeness (QED) is 0.609. The number of piperazine rings is 1. The molecule has 0 aliphatic carbocycles. The molecule has 2 fully saturated rings. The molecular formula is C26H39N5O2. The molecule has 2 aliphatic rings. The van der Waals surface area contributed by atoms with Crippen molar-refractivity contribution in [1.29, 1.82) is 0 Å². The van der Waals surface area contributed by atoms with Crippen LogP contribution in [-0.2, 0) is 13.1 Å². The van der Waals surface area contributed by atoms with E-state index < -0.39 is 0 Å². The monoisotopic (exact) mass is 453 g/mol. The molecule has 1 aromatic heterocycles. The summed E-state index contributed by atoms with van der Waals surface area (Å²) < 4.78 is 5.69. The number of piperidine rings is 1. The molecule has 2 aromatic rings. The van der Waals surface area contributed by atoms with Crippen LogP contribution in [0.3, 0.4) is 0 Å². The SMILES string of the molecule is CCN1CCN(Cc2ccccc2CNC(=O)NCC(c2ccco2)N2CCCCC2)CC1. The number of nitrogens with one attached hydrogen (secondary N) is 2. The third-order valence-electron chi connectivity index (χ3n) is 7.02. The number of urea groups is 1. The molecule has 7 heteroatoms. The fraction of sp³-hybridized carbons (Fsp3) is 0.577. The van der Waals surface area contributed by atoms with E-state index >= 15 is 0 Å². The highest BCUT2D eigenvalue weighted by Crippen LogP contribution is 2.24. The van der Waals surface area contributed by atoms with Gasteiger partial charge in [-0.15, -0.1) is 0 Å². The first-order chi connectivity index (χ1) is 16.2. The van der Waals surface area contributed by atoms with Crippen LogP contribution in [0.25, 0.3) is 0 Å². The number of benzene rings is 1. The van der Waals surface area contributed by atoms with Gasteiger partial charge in [-0.05, 0) is 55.7 Å². The van der Waals surface area contributed by atoms with Gasteiger partial charge in [-0.1, -0.05) is 37.6 Å². The fourth-order valence-corrected chi connectivity index (χ4v) is 4.94. The minimum atomic E-state index is -0.130. The van der Waals surface area contributed by atoms with Crippen LogP contribution in [0.1, 0.15) is 49.1 Å². The Hall–Kier alpha value is -2.35. The van der Waals surface area contributed by atoms with Crippen LogP contribution in [0, 0.1) is 0 Å². The Bertz CT molecular complexity index is 842.